The van der Waals surface area contributed by atoms with E-state index in [1.165, 1.54) is 0 Å². The maximum absolute atomic E-state index is 12.3. The first-order chi connectivity index (χ1) is 8.51. The minimum atomic E-state index is -4.12. The van der Waals surface area contributed by atoms with Crippen LogP contribution < -0.4 is 5.32 Å². The Balaban J connectivity index is 2.33. The molecule has 0 aliphatic heterocycles. The summed E-state index contributed by atoms with van der Waals surface area (Å²) in [5.74, 6) is 0. The topological polar surface area (TPSA) is 17.0 Å². The van der Waals surface area contributed by atoms with E-state index in [4.69, 9.17) is 0 Å². The van der Waals surface area contributed by atoms with Gasteiger partial charge in [-0.1, -0.05) is 18.2 Å². The van der Waals surface area contributed by atoms with Crippen molar-refractivity contribution in [3.8, 4) is 0 Å². The third kappa shape index (κ3) is 2.85. The van der Waals surface area contributed by atoms with Gasteiger partial charge < -0.3 is 9.88 Å². The van der Waals surface area contributed by atoms with E-state index in [1.54, 1.807) is 10.8 Å². The number of nitrogens with zero attached hydrogens (tertiary/aromatic N) is 1. The van der Waals surface area contributed by atoms with Gasteiger partial charge in [0, 0.05) is 19.3 Å². The second-order valence-electron chi connectivity index (χ2n) is 4.26. The van der Waals surface area contributed by atoms with Gasteiger partial charge in [0.15, 0.2) is 0 Å². The molecule has 0 unspecified atom stereocenters. The van der Waals surface area contributed by atoms with Crippen molar-refractivity contribution in [3.63, 3.8) is 0 Å². The zero-order chi connectivity index (χ0) is 13.2. The van der Waals surface area contributed by atoms with Gasteiger partial charge in [-0.25, -0.2) is 0 Å². The molecule has 0 saturated heterocycles. The highest BCUT2D eigenvalue weighted by Crippen LogP contribution is 2.24. The number of para-hydroxylation sites is 1. The SMILES string of the molecule is CNCc1cccc2ccn(CCC(F)(F)F)c12. The van der Waals surface area contributed by atoms with Crippen molar-refractivity contribution in [1.82, 2.24) is 9.88 Å². The quantitative estimate of drug-likeness (QED) is 0.888. The predicted molar refractivity (Wildman–Crippen MR) is 65.4 cm³/mol. The summed E-state index contributed by atoms with van der Waals surface area (Å²) in [4.78, 5) is 0. The molecule has 0 atom stereocenters. The highest BCUT2D eigenvalue weighted by molar-refractivity contribution is 5.83. The van der Waals surface area contributed by atoms with Crippen molar-refractivity contribution in [2.75, 3.05) is 7.05 Å². The highest BCUT2D eigenvalue weighted by atomic mass is 19.4. The summed E-state index contributed by atoms with van der Waals surface area (Å²) in [6, 6.07) is 7.62. The van der Waals surface area contributed by atoms with Crippen LogP contribution in [0.1, 0.15) is 12.0 Å². The highest BCUT2D eigenvalue weighted by Gasteiger charge is 2.26. The van der Waals surface area contributed by atoms with Gasteiger partial charge in [-0.2, -0.15) is 13.2 Å². The van der Waals surface area contributed by atoms with Crippen LogP contribution in [0.15, 0.2) is 30.5 Å². The zero-order valence-corrected chi connectivity index (χ0v) is 10.1. The summed E-state index contributed by atoms with van der Waals surface area (Å²) < 4.78 is 38.5. The fraction of sp³-hybridized carbons (Fsp3) is 0.385. The van der Waals surface area contributed by atoms with Crippen LogP contribution in [-0.2, 0) is 13.1 Å². The van der Waals surface area contributed by atoms with Crippen molar-refractivity contribution < 1.29 is 13.2 Å². The van der Waals surface area contributed by atoms with E-state index in [9.17, 15) is 13.2 Å². The summed E-state index contributed by atoms with van der Waals surface area (Å²) in [6.07, 6.45) is -3.20. The minimum absolute atomic E-state index is 0.0340. The minimum Gasteiger partial charge on any atom is -0.347 e. The lowest BCUT2D eigenvalue weighted by molar-refractivity contribution is -0.136. The lowest BCUT2D eigenvalue weighted by Crippen LogP contribution is -2.13. The third-order valence-electron chi connectivity index (χ3n) is 2.88. The molecular weight excluding hydrogens is 241 g/mol. The maximum Gasteiger partial charge on any atom is 0.390 e. The molecule has 2 nitrogen and oxygen atoms in total. The van der Waals surface area contributed by atoms with Gasteiger partial charge in [-0.15, -0.1) is 0 Å². The van der Waals surface area contributed by atoms with Gasteiger partial charge in [-0.3, -0.25) is 0 Å². The van der Waals surface area contributed by atoms with Crippen LogP contribution in [-0.4, -0.2) is 17.8 Å². The molecular formula is C13H15F3N2. The Kier molecular flexibility index (Phi) is 3.61. The maximum atomic E-state index is 12.3. The Morgan fingerprint density at radius 3 is 2.67 bits per heavy atom. The molecule has 2 aromatic rings. The Morgan fingerprint density at radius 1 is 1.22 bits per heavy atom. The summed E-state index contributed by atoms with van der Waals surface area (Å²) >= 11 is 0. The molecule has 1 aromatic carbocycles. The van der Waals surface area contributed by atoms with E-state index < -0.39 is 12.6 Å². The molecule has 0 aliphatic carbocycles. The van der Waals surface area contributed by atoms with Crippen LogP contribution in [0.3, 0.4) is 0 Å². The number of benzene rings is 1. The van der Waals surface area contributed by atoms with Crippen LogP contribution in [0.2, 0.25) is 0 Å². The van der Waals surface area contributed by atoms with E-state index in [-0.39, 0.29) is 6.54 Å². The molecule has 1 aromatic heterocycles. The lowest BCUT2D eigenvalue weighted by atomic mass is 10.1. The average Bonchev–Trinajstić information content (AvgIpc) is 2.70. The van der Waals surface area contributed by atoms with Crippen molar-refractivity contribution in [1.29, 1.82) is 0 Å². The average molecular weight is 256 g/mol. The van der Waals surface area contributed by atoms with Crippen LogP contribution in [0.25, 0.3) is 10.9 Å². The van der Waals surface area contributed by atoms with E-state index in [0.29, 0.717) is 6.54 Å². The number of aryl methyl sites for hydroxylation is 1. The van der Waals surface area contributed by atoms with Crippen molar-refractivity contribution in [3.05, 3.63) is 36.0 Å². The van der Waals surface area contributed by atoms with Crippen LogP contribution in [0.4, 0.5) is 13.2 Å². The number of hydrogen-bond donors (Lipinski definition) is 1. The molecule has 1 heterocycles. The normalized spacial score (nSPS) is 12.2. The Hall–Kier alpha value is -1.49. The first kappa shape index (κ1) is 13.0. The Labute approximate surface area is 103 Å². The zero-order valence-electron chi connectivity index (χ0n) is 10.1. The second kappa shape index (κ2) is 5.02. The molecule has 0 radical (unpaired) electrons. The number of hydrogen-bond acceptors (Lipinski definition) is 1. The summed E-state index contributed by atoms with van der Waals surface area (Å²) in [5, 5.41) is 4.01. The predicted octanol–water partition coefficient (Wildman–Crippen LogP) is 3.31. The fourth-order valence-corrected chi connectivity index (χ4v) is 2.11. The number of aromatic nitrogens is 1. The standard InChI is InChI=1S/C13H15F3N2/c1-17-9-11-4-2-3-10-5-7-18(12(10)11)8-6-13(14,15)16/h2-5,7,17H,6,8-9H2,1H3. The summed E-state index contributed by atoms with van der Waals surface area (Å²) in [7, 11) is 1.82. The first-order valence-electron chi connectivity index (χ1n) is 5.79. The molecule has 0 aliphatic rings. The van der Waals surface area contributed by atoms with Gasteiger partial charge in [-0.05, 0) is 24.1 Å². The molecule has 0 spiro atoms. The van der Waals surface area contributed by atoms with E-state index in [0.717, 1.165) is 16.5 Å². The number of rotatable bonds is 4. The largest absolute Gasteiger partial charge is 0.390 e. The Morgan fingerprint density at radius 2 is 2.00 bits per heavy atom. The third-order valence-corrected chi connectivity index (χ3v) is 2.88. The van der Waals surface area contributed by atoms with Gasteiger partial charge in [0.05, 0.1) is 11.9 Å². The molecule has 0 fully saturated rings. The first-order valence-corrected chi connectivity index (χ1v) is 5.79. The van der Waals surface area contributed by atoms with Gasteiger partial charge in [0.2, 0.25) is 0 Å². The summed E-state index contributed by atoms with van der Waals surface area (Å²) in [5.41, 5.74) is 1.90. The lowest BCUT2D eigenvalue weighted by Gasteiger charge is -2.11. The molecule has 0 bridgehead atoms. The molecule has 1 N–H and O–H groups in total. The number of fused-ring (bicyclic) bond motifs is 1. The van der Waals surface area contributed by atoms with Gasteiger partial charge in [0.1, 0.15) is 0 Å². The fourth-order valence-electron chi connectivity index (χ4n) is 2.11. The number of halogens is 3. The van der Waals surface area contributed by atoms with Crippen LogP contribution in [0.5, 0.6) is 0 Å². The molecule has 5 heteroatoms. The molecule has 0 amide bonds. The smallest absolute Gasteiger partial charge is 0.347 e. The van der Waals surface area contributed by atoms with Gasteiger partial charge in [0.25, 0.3) is 0 Å². The van der Waals surface area contributed by atoms with E-state index >= 15 is 0 Å². The van der Waals surface area contributed by atoms with Crippen molar-refractivity contribution >= 4 is 10.9 Å². The van der Waals surface area contributed by atoms with Crippen molar-refractivity contribution in [2.24, 2.45) is 0 Å². The number of alkyl halides is 3. The second-order valence-corrected chi connectivity index (χ2v) is 4.26. The Bertz CT molecular complexity index is 529. The van der Waals surface area contributed by atoms with Crippen molar-refractivity contribution in [2.45, 2.75) is 25.7 Å². The monoisotopic (exact) mass is 256 g/mol. The number of nitrogens with one attached hydrogen (secondary N) is 1. The van der Waals surface area contributed by atoms with E-state index in [1.807, 2.05) is 31.3 Å². The molecule has 18 heavy (non-hydrogen) atoms. The van der Waals surface area contributed by atoms with Crippen LogP contribution >= 0.6 is 0 Å². The van der Waals surface area contributed by atoms with Crippen LogP contribution in [0, 0.1) is 0 Å². The van der Waals surface area contributed by atoms with Gasteiger partial charge >= 0.3 is 6.18 Å². The molecule has 2 rings (SSSR count). The molecule has 0 saturated carbocycles. The molecule has 98 valence electrons. The summed E-state index contributed by atoms with van der Waals surface area (Å²) in [6.45, 7) is 0.612. The van der Waals surface area contributed by atoms with E-state index in [2.05, 4.69) is 5.32 Å².